The Bertz CT molecular complexity index is 528. The first-order chi connectivity index (χ1) is 11.1. The van der Waals surface area contributed by atoms with E-state index in [1.807, 2.05) is 12.1 Å². The van der Waals surface area contributed by atoms with Crippen LogP contribution in [0.1, 0.15) is 48.9 Å². The molecule has 1 fully saturated rings. The van der Waals surface area contributed by atoms with Crippen molar-refractivity contribution in [2.45, 2.75) is 44.6 Å². The SMILES string of the molecule is I.NC(=NCCNC(=O)c1ccc(Br)cc1)NC1CCCCCC1. The van der Waals surface area contributed by atoms with Crippen LogP contribution < -0.4 is 16.4 Å². The molecular weight excluding hydrogens is 483 g/mol. The van der Waals surface area contributed by atoms with Crippen molar-refractivity contribution in [3.05, 3.63) is 34.3 Å². The maximum Gasteiger partial charge on any atom is 0.251 e. The Balaban J connectivity index is 0.00000288. The normalized spacial score (nSPS) is 16.0. The lowest BCUT2D eigenvalue weighted by atomic mass is 10.1. The second-order valence-corrected chi connectivity index (χ2v) is 6.78. The molecule has 1 aromatic carbocycles. The summed E-state index contributed by atoms with van der Waals surface area (Å²) in [6.07, 6.45) is 7.48. The Morgan fingerprint density at radius 1 is 1.17 bits per heavy atom. The third-order valence-electron chi connectivity index (χ3n) is 3.99. The summed E-state index contributed by atoms with van der Waals surface area (Å²) in [6, 6.07) is 7.71. The van der Waals surface area contributed by atoms with E-state index in [4.69, 9.17) is 5.73 Å². The summed E-state index contributed by atoms with van der Waals surface area (Å²) in [7, 11) is 0. The van der Waals surface area contributed by atoms with E-state index in [-0.39, 0.29) is 29.9 Å². The van der Waals surface area contributed by atoms with Crippen LogP contribution in [0.25, 0.3) is 0 Å². The number of benzene rings is 1. The summed E-state index contributed by atoms with van der Waals surface area (Å²) in [5.74, 6) is 0.387. The standard InChI is InChI=1S/C17H25BrN4O.HI/c18-14-9-7-13(8-10-14)16(23)20-11-12-21-17(19)22-15-5-3-1-2-4-6-15;/h7-10,15H,1-6,11-12H2,(H,20,23)(H3,19,21,22);1H. The highest BCUT2D eigenvalue weighted by molar-refractivity contribution is 14.0. The molecule has 1 aliphatic carbocycles. The van der Waals surface area contributed by atoms with Crippen LogP contribution in [0, 0.1) is 0 Å². The molecule has 0 saturated heterocycles. The molecule has 0 bridgehead atoms. The number of hydrogen-bond donors (Lipinski definition) is 3. The summed E-state index contributed by atoms with van der Waals surface area (Å²) < 4.78 is 0.955. The number of hydrogen-bond acceptors (Lipinski definition) is 2. The van der Waals surface area contributed by atoms with Gasteiger partial charge in [-0.3, -0.25) is 9.79 Å². The predicted octanol–water partition coefficient (Wildman–Crippen LogP) is 3.42. The van der Waals surface area contributed by atoms with Gasteiger partial charge in [0.25, 0.3) is 5.91 Å². The zero-order valence-electron chi connectivity index (χ0n) is 13.8. The molecule has 1 amide bonds. The highest BCUT2D eigenvalue weighted by Gasteiger charge is 2.12. The van der Waals surface area contributed by atoms with Gasteiger partial charge < -0.3 is 16.4 Å². The quantitative estimate of drug-likeness (QED) is 0.187. The lowest BCUT2D eigenvalue weighted by Gasteiger charge is -2.16. The monoisotopic (exact) mass is 508 g/mol. The molecule has 24 heavy (non-hydrogen) atoms. The van der Waals surface area contributed by atoms with E-state index in [1.54, 1.807) is 12.1 Å². The molecule has 4 N–H and O–H groups in total. The second kappa shape index (κ2) is 11.7. The Kier molecular flexibility index (Phi) is 10.3. The Labute approximate surface area is 169 Å². The zero-order valence-corrected chi connectivity index (χ0v) is 17.7. The fourth-order valence-corrected chi connectivity index (χ4v) is 2.99. The van der Waals surface area contributed by atoms with Crippen LogP contribution in [0.2, 0.25) is 0 Å². The lowest BCUT2D eigenvalue weighted by molar-refractivity contribution is 0.0955. The Morgan fingerprint density at radius 3 is 2.42 bits per heavy atom. The van der Waals surface area contributed by atoms with Crippen LogP contribution in [-0.2, 0) is 0 Å². The number of aliphatic imine (C=N–C) groups is 1. The van der Waals surface area contributed by atoms with Crippen molar-refractivity contribution in [1.29, 1.82) is 0 Å². The van der Waals surface area contributed by atoms with Gasteiger partial charge in [-0.2, -0.15) is 0 Å². The molecule has 0 aliphatic heterocycles. The van der Waals surface area contributed by atoms with Crippen molar-refractivity contribution < 1.29 is 4.79 Å². The summed E-state index contributed by atoms with van der Waals surface area (Å²) in [4.78, 5) is 16.2. The molecule has 1 aromatic rings. The first kappa shape index (κ1) is 21.2. The van der Waals surface area contributed by atoms with Gasteiger partial charge in [-0.05, 0) is 37.1 Å². The number of nitrogens with two attached hydrogens (primary N) is 1. The summed E-state index contributed by atoms with van der Waals surface area (Å²) >= 11 is 3.35. The van der Waals surface area contributed by atoms with Crippen molar-refractivity contribution >= 4 is 51.8 Å². The number of carbonyl (C=O) groups excluding carboxylic acids is 1. The van der Waals surface area contributed by atoms with E-state index in [0.717, 1.165) is 17.3 Å². The molecule has 1 aliphatic rings. The van der Waals surface area contributed by atoms with Crippen LogP contribution in [0.3, 0.4) is 0 Å². The lowest BCUT2D eigenvalue weighted by Crippen LogP contribution is -2.40. The summed E-state index contributed by atoms with van der Waals surface area (Å²) in [5.41, 5.74) is 6.56. The van der Waals surface area contributed by atoms with Gasteiger partial charge >= 0.3 is 0 Å². The van der Waals surface area contributed by atoms with Gasteiger partial charge in [0, 0.05) is 22.6 Å². The number of amides is 1. The van der Waals surface area contributed by atoms with Crippen molar-refractivity contribution in [3.8, 4) is 0 Å². The average molecular weight is 509 g/mol. The van der Waals surface area contributed by atoms with Gasteiger partial charge in [-0.15, -0.1) is 24.0 Å². The van der Waals surface area contributed by atoms with Crippen LogP contribution in [0.4, 0.5) is 0 Å². The number of nitrogens with zero attached hydrogens (tertiary/aromatic N) is 1. The Hall–Kier alpha value is -0.830. The molecule has 0 unspecified atom stereocenters. The summed E-state index contributed by atoms with van der Waals surface area (Å²) in [6.45, 7) is 0.954. The molecule has 0 spiro atoms. The van der Waals surface area contributed by atoms with Gasteiger partial charge in [0.15, 0.2) is 5.96 Å². The molecule has 134 valence electrons. The van der Waals surface area contributed by atoms with Crippen LogP contribution >= 0.6 is 39.9 Å². The molecule has 0 heterocycles. The smallest absolute Gasteiger partial charge is 0.251 e. The van der Waals surface area contributed by atoms with Crippen molar-refractivity contribution in [1.82, 2.24) is 10.6 Å². The zero-order chi connectivity index (χ0) is 16.5. The number of halogens is 2. The van der Waals surface area contributed by atoms with Crippen molar-refractivity contribution in [3.63, 3.8) is 0 Å². The molecule has 1 saturated carbocycles. The van der Waals surface area contributed by atoms with Gasteiger partial charge in [-0.25, -0.2) is 0 Å². The predicted molar refractivity (Wildman–Crippen MR) is 113 cm³/mol. The van der Waals surface area contributed by atoms with E-state index < -0.39 is 0 Å². The summed E-state index contributed by atoms with van der Waals surface area (Å²) in [5, 5.41) is 6.14. The van der Waals surface area contributed by atoms with E-state index in [9.17, 15) is 4.79 Å². The molecule has 7 heteroatoms. The number of nitrogens with one attached hydrogen (secondary N) is 2. The first-order valence-corrected chi connectivity index (χ1v) is 9.04. The maximum absolute atomic E-state index is 11.9. The van der Waals surface area contributed by atoms with Gasteiger partial charge in [0.2, 0.25) is 0 Å². The highest BCUT2D eigenvalue weighted by Crippen LogP contribution is 2.16. The number of rotatable bonds is 5. The minimum Gasteiger partial charge on any atom is -0.370 e. The van der Waals surface area contributed by atoms with E-state index >= 15 is 0 Å². The first-order valence-electron chi connectivity index (χ1n) is 8.25. The third kappa shape index (κ3) is 7.83. The van der Waals surface area contributed by atoms with E-state index in [2.05, 4.69) is 31.6 Å². The second-order valence-electron chi connectivity index (χ2n) is 5.86. The van der Waals surface area contributed by atoms with Gasteiger partial charge in [0.05, 0.1) is 6.54 Å². The van der Waals surface area contributed by atoms with Crippen LogP contribution in [0.5, 0.6) is 0 Å². The van der Waals surface area contributed by atoms with Gasteiger partial charge in [0.1, 0.15) is 0 Å². The molecule has 0 aromatic heterocycles. The highest BCUT2D eigenvalue weighted by atomic mass is 127. The van der Waals surface area contributed by atoms with E-state index in [1.165, 1.54) is 25.7 Å². The van der Waals surface area contributed by atoms with Crippen LogP contribution in [0.15, 0.2) is 33.7 Å². The minimum absolute atomic E-state index is 0. The maximum atomic E-state index is 11.9. The molecule has 0 atom stereocenters. The van der Waals surface area contributed by atoms with Gasteiger partial charge in [-0.1, -0.05) is 41.6 Å². The fraction of sp³-hybridized carbons (Fsp3) is 0.529. The third-order valence-corrected chi connectivity index (χ3v) is 4.52. The molecule has 0 radical (unpaired) electrons. The largest absolute Gasteiger partial charge is 0.370 e. The molecule has 5 nitrogen and oxygen atoms in total. The van der Waals surface area contributed by atoms with E-state index in [0.29, 0.717) is 30.7 Å². The minimum atomic E-state index is -0.0944. The number of guanidine groups is 1. The van der Waals surface area contributed by atoms with Crippen molar-refractivity contribution in [2.75, 3.05) is 13.1 Å². The molecule has 2 rings (SSSR count). The topological polar surface area (TPSA) is 79.5 Å². The molecular formula is C17H26BrIN4O. The Morgan fingerprint density at radius 2 is 1.79 bits per heavy atom. The van der Waals surface area contributed by atoms with Crippen molar-refractivity contribution in [2.24, 2.45) is 10.7 Å². The fourth-order valence-electron chi connectivity index (χ4n) is 2.73. The number of carbonyl (C=O) groups is 1. The van der Waals surface area contributed by atoms with Crippen LogP contribution in [-0.4, -0.2) is 31.0 Å². The average Bonchev–Trinajstić information content (AvgIpc) is 2.80.